The van der Waals surface area contributed by atoms with Crippen molar-refractivity contribution >= 4 is 34.8 Å². The highest BCUT2D eigenvalue weighted by Crippen LogP contribution is 2.65. The van der Waals surface area contributed by atoms with Crippen molar-refractivity contribution in [3.05, 3.63) is 48.5 Å². The molecule has 2 aromatic rings. The Bertz CT molecular complexity index is 1390. The van der Waals surface area contributed by atoms with Crippen molar-refractivity contribution in [2.24, 2.45) is 23.7 Å². The van der Waals surface area contributed by atoms with Crippen LogP contribution in [0.2, 0.25) is 0 Å². The lowest BCUT2D eigenvalue weighted by molar-refractivity contribution is -0.149. The highest BCUT2D eigenvalue weighted by molar-refractivity contribution is 6.05. The second-order valence-electron chi connectivity index (χ2n) is 13.1. The number of nitrogens with one attached hydrogen (secondary N) is 2. The maximum Gasteiger partial charge on any atom is 0.250 e. The minimum atomic E-state index is -1.22. The Morgan fingerprint density at radius 1 is 1.02 bits per heavy atom. The minimum Gasteiger partial charge on any atom is -0.494 e. The molecule has 0 aromatic heterocycles. The topological polar surface area (TPSA) is 120 Å². The van der Waals surface area contributed by atoms with Gasteiger partial charge in [-0.05, 0) is 94.5 Å². The molecule has 10 nitrogen and oxygen atoms in total. The molecular formula is C35H48N4O6. The van der Waals surface area contributed by atoms with Gasteiger partial charge in [0.1, 0.15) is 17.4 Å². The first-order valence-electron chi connectivity index (χ1n) is 16.3. The SMILES string of the molecule is CCOc1ccc(NC(=O)[C@@H]2[C@H]3C(=O)N([C@@H](CO)C(C)C)C(C(=O)Nc4ccc(N(CC)CC)cc4)C34CC(C)[C@@]2(C)O4)cc1. The predicted octanol–water partition coefficient (Wildman–Crippen LogP) is 4.54. The maximum atomic E-state index is 14.5. The Labute approximate surface area is 266 Å². The smallest absolute Gasteiger partial charge is 0.250 e. The first-order valence-corrected chi connectivity index (χ1v) is 16.3. The summed E-state index contributed by atoms with van der Waals surface area (Å²) in [6.07, 6.45) is 0.443. The fourth-order valence-electron chi connectivity index (χ4n) is 7.93. The van der Waals surface area contributed by atoms with Crippen LogP contribution in [0.25, 0.3) is 0 Å². The third-order valence-corrected chi connectivity index (χ3v) is 10.3. The molecule has 3 unspecified atom stereocenters. The molecule has 10 heteroatoms. The lowest BCUT2D eigenvalue weighted by atomic mass is 9.62. The molecule has 0 aliphatic carbocycles. The average Bonchev–Trinajstić information content (AvgIpc) is 3.52. The number of carbonyl (C=O) groups is 3. The number of ether oxygens (including phenoxy) is 2. The molecule has 3 N–H and O–H groups in total. The van der Waals surface area contributed by atoms with Crippen molar-refractivity contribution in [3.63, 3.8) is 0 Å². The van der Waals surface area contributed by atoms with E-state index in [1.54, 1.807) is 24.3 Å². The summed E-state index contributed by atoms with van der Waals surface area (Å²) < 4.78 is 12.4. The molecule has 5 rings (SSSR count). The molecule has 1 spiro atoms. The molecule has 244 valence electrons. The molecule has 0 radical (unpaired) electrons. The van der Waals surface area contributed by atoms with Gasteiger partial charge in [-0.15, -0.1) is 0 Å². The standard InChI is InChI=1S/C35H48N4O6/c1-8-38(9-2)25-15-11-23(12-16-25)37-32(42)30-35-19-22(6)34(7,45-35)28(29(35)33(43)39(30)27(20-40)21(4)5)31(41)36-24-13-17-26(18-14-24)44-10-3/h11-18,21-22,27-30,40H,8-10,19-20H2,1-7H3,(H,36,41)(H,37,42)/t22?,27-,28-,29-,30?,34+,35?/m0/s1. The second-order valence-corrected chi connectivity index (χ2v) is 13.1. The number of benzene rings is 2. The summed E-state index contributed by atoms with van der Waals surface area (Å²) in [5.74, 6) is -2.30. The first kappa shape index (κ1) is 32.8. The largest absolute Gasteiger partial charge is 0.494 e. The number of amides is 3. The number of anilines is 3. The lowest BCUT2D eigenvalue weighted by Crippen LogP contribution is -2.57. The number of aliphatic hydroxyl groups excluding tert-OH is 1. The summed E-state index contributed by atoms with van der Waals surface area (Å²) in [7, 11) is 0. The van der Waals surface area contributed by atoms with Crippen molar-refractivity contribution in [1.29, 1.82) is 0 Å². The zero-order valence-corrected chi connectivity index (χ0v) is 27.5. The van der Waals surface area contributed by atoms with E-state index in [1.807, 2.05) is 58.9 Å². The number of aliphatic hydroxyl groups is 1. The van der Waals surface area contributed by atoms with Gasteiger partial charge in [0.2, 0.25) is 17.7 Å². The third-order valence-electron chi connectivity index (χ3n) is 10.3. The lowest BCUT2D eigenvalue weighted by Gasteiger charge is -2.38. The van der Waals surface area contributed by atoms with Crippen molar-refractivity contribution in [1.82, 2.24) is 4.90 Å². The van der Waals surface area contributed by atoms with Crippen LogP contribution in [0.15, 0.2) is 48.5 Å². The summed E-state index contributed by atoms with van der Waals surface area (Å²) in [5, 5.41) is 16.5. The van der Waals surface area contributed by atoms with Gasteiger partial charge in [-0.3, -0.25) is 14.4 Å². The van der Waals surface area contributed by atoms with Crippen molar-refractivity contribution < 1.29 is 29.0 Å². The Kier molecular flexibility index (Phi) is 9.20. The van der Waals surface area contributed by atoms with Gasteiger partial charge in [0, 0.05) is 30.2 Å². The van der Waals surface area contributed by atoms with Crippen LogP contribution in [0.1, 0.15) is 54.9 Å². The van der Waals surface area contributed by atoms with E-state index < -0.39 is 35.1 Å². The Hall–Kier alpha value is -3.63. The van der Waals surface area contributed by atoms with Gasteiger partial charge in [0.15, 0.2) is 0 Å². The van der Waals surface area contributed by atoms with Crippen LogP contribution in [0.3, 0.4) is 0 Å². The first-order chi connectivity index (χ1) is 21.4. The summed E-state index contributed by atoms with van der Waals surface area (Å²) in [5.41, 5.74) is 0.0506. The van der Waals surface area contributed by atoms with Gasteiger partial charge >= 0.3 is 0 Å². The average molecular weight is 621 g/mol. The summed E-state index contributed by atoms with van der Waals surface area (Å²) in [6, 6.07) is 13.1. The van der Waals surface area contributed by atoms with Crippen LogP contribution in [0.4, 0.5) is 17.1 Å². The van der Waals surface area contributed by atoms with Crippen LogP contribution >= 0.6 is 0 Å². The van der Waals surface area contributed by atoms with Crippen molar-refractivity contribution in [2.45, 2.75) is 78.2 Å². The summed E-state index contributed by atoms with van der Waals surface area (Å²) in [4.78, 5) is 46.7. The van der Waals surface area contributed by atoms with E-state index in [1.165, 1.54) is 4.90 Å². The van der Waals surface area contributed by atoms with Crippen LogP contribution in [-0.2, 0) is 19.1 Å². The monoisotopic (exact) mass is 620 g/mol. The van der Waals surface area contributed by atoms with Gasteiger partial charge in [-0.1, -0.05) is 20.8 Å². The number of hydrogen-bond acceptors (Lipinski definition) is 7. The molecule has 3 saturated heterocycles. The molecule has 7 atom stereocenters. The van der Waals surface area contributed by atoms with Crippen LogP contribution in [-0.4, -0.2) is 77.3 Å². The zero-order valence-electron chi connectivity index (χ0n) is 27.5. The van der Waals surface area contributed by atoms with Gasteiger partial charge in [0.05, 0.1) is 36.7 Å². The van der Waals surface area contributed by atoms with E-state index in [9.17, 15) is 19.5 Å². The molecule has 3 heterocycles. The normalized spacial score (nSPS) is 29.1. The van der Waals surface area contributed by atoms with E-state index in [2.05, 4.69) is 29.4 Å². The van der Waals surface area contributed by atoms with Gasteiger partial charge in [-0.25, -0.2) is 0 Å². The fourth-order valence-corrected chi connectivity index (χ4v) is 7.93. The van der Waals surface area contributed by atoms with Gasteiger partial charge in [0.25, 0.3) is 0 Å². The molecular weight excluding hydrogens is 572 g/mol. The number of fused-ring (bicyclic) bond motifs is 1. The summed E-state index contributed by atoms with van der Waals surface area (Å²) in [6.45, 7) is 15.8. The Morgan fingerprint density at radius 2 is 1.60 bits per heavy atom. The molecule has 3 fully saturated rings. The molecule has 45 heavy (non-hydrogen) atoms. The van der Waals surface area contributed by atoms with Crippen LogP contribution in [0, 0.1) is 23.7 Å². The number of hydrogen-bond donors (Lipinski definition) is 3. The highest BCUT2D eigenvalue weighted by atomic mass is 16.5. The van der Waals surface area contributed by atoms with E-state index in [-0.39, 0.29) is 36.2 Å². The van der Waals surface area contributed by atoms with Crippen molar-refractivity contribution in [2.75, 3.05) is 41.8 Å². The molecule has 2 aromatic carbocycles. The van der Waals surface area contributed by atoms with Gasteiger partial charge in [-0.2, -0.15) is 0 Å². The Morgan fingerprint density at radius 3 is 2.13 bits per heavy atom. The number of carbonyl (C=O) groups excluding carboxylic acids is 3. The molecule has 3 amide bonds. The molecule has 3 aliphatic rings. The third kappa shape index (κ3) is 5.46. The van der Waals surface area contributed by atoms with E-state index >= 15 is 0 Å². The number of nitrogens with zero attached hydrogens (tertiary/aromatic N) is 2. The van der Waals surface area contributed by atoms with E-state index in [0.29, 0.717) is 30.2 Å². The van der Waals surface area contributed by atoms with E-state index in [0.717, 1.165) is 18.8 Å². The molecule has 3 aliphatic heterocycles. The maximum absolute atomic E-state index is 14.5. The highest BCUT2D eigenvalue weighted by Gasteiger charge is 2.80. The minimum absolute atomic E-state index is 0.104. The molecule has 0 saturated carbocycles. The van der Waals surface area contributed by atoms with Crippen molar-refractivity contribution in [3.8, 4) is 5.75 Å². The quantitative estimate of drug-likeness (QED) is 0.319. The second kappa shape index (κ2) is 12.6. The predicted molar refractivity (Wildman–Crippen MR) is 174 cm³/mol. The van der Waals surface area contributed by atoms with Crippen LogP contribution in [0.5, 0.6) is 5.75 Å². The van der Waals surface area contributed by atoms with Crippen LogP contribution < -0.4 is 20.3 Å². The van der Waals surface area contributed by atoms with E-state index in [4.69, 9.17) is 9.47 Å². The number of rotatable bonds is 12. The summed E-state index contributed by atoms with van der Waals surface area (Å²) >= 11 is 0. The number of likely N-dealkylation sites (tertiary alicyclic amines) is 1. The van der Waals surface area contributed by atoms with Gasteiger partial charge < -0.3 is 35.0 Å². The fraction of sp³-hybridized carbons (Fsp3) is 0.571. The molecule has 2 bridgehead atoms. The zero-order chi connectivity index (χ0) is 32.7. The Balaban J connectivity index is 1.50.